The summed E-state index contributed by atoms with van der Waals surface area (Å²) in [5.74, 6) is -1.09. The number of likely N-dealkylation sites (tertiary alicyclic amines) is 1. The van der Waals surface area contributed by atoms with Crippen LogP contribution in [-0.2, 0) is 24.8 Å². The number of hydrogen-bond acceptors (Lipinski definition) is 5. The molecule has 2 N–H and O–H groups in total. The Bertz CT molecular complexity index is 822. The van der Waals surface area contributed by atoms with Crippen molar-refractivity contribution in [1.82, 2.24) is 10.4 Å². The normalized spacial score (nSPS) is 26.8. The van der Waals surface area contributed by atoms with Crippen LogP contribution in [0.5, 0.6) is 0 Å². The number of carbonyl (C=O) groups excluding carboxylic acids is 2. The Labute approximate surface area is 159 Å². The van der Waals surface area contributed by atoms with E-state index in [0.717, 1.165) is 11.1 Å². The third-order valence-electron chi connectivity index (χ3n) is 6.03. The average molecular weight is 394 g/mol. The molecule has 2 fully saturated rings. The Hall–Kier alpha value is -1.93. The topological polar surface area (TPSA) is 104 Å². The number of amides is 2. The maximum atomic E-state index is 13.3. The standard InChI is InChI=1S/C19H26N2O5S/c1-13-3-5-15(6-4-13)19(2)9-10-21(18(19)23)16(17(22)20-24)14-7-11-27(25,26)12-8-14/h3-6,14,16,24H,7-12H2,1-2H3,(H,20,22)/t16-,19?/m1/s1. The quantitative estimate of drug-likeness (QED) is 0.590. The number of carbonyl (C=O) groups is 2. The Balaban J connectivity index is 1.87. The van der Waals surface area contributed by atoms with Gasteiger partial charge in [0.1, 0.15) is 15.9 Å². The lowest BCUT2D eigenvalue weighted by molar-refractivity contribution is -0.146. The first kappa shape index (κ1) is 19.8. The molecule has 0 spiro atoms. The highest BCUT2D eigenvalue weighted by Gasteiger charge is 2.50. The Morgan fingerprint density at radius 3 is 2.41 bits per heavy atom. The van der Waals surface area contributed by atoms with Crippen molar-refractivity contribution in [2.24, 2.45) is 5.92 Å². The highest BCUT2D eigenvalue weighted by atomic mass is 32.2. The molecule has 7 nitrogen and oxygen atoms in total. The zero-order valence-electron chi connectivity index (χ0n) is 15.6. The highest BCUT2D eigenvalue weighted by molar-refractivity contribution is 7.91. The van der Waals surface area contributed by atoms with Gasteiger partial charge in [0.2, 0.25) is 5.91 Å². The third kappa shape index (κ3) is 3.73. The number of nitrogens with zero attached hydrogens (tertiary/aromatic N) is 1. The van der Waals surface area contributed by atoms with E-state index in [1.165, 1.54) is 4.90 Å². The first-order chi connectivity index (χ1) is 12.7. The first-order valence-electron chi connectivity index (χ1n) is 9.20. The summed E-state index contributed by atoms with van der Waals surface area (Å²) in [6.45, 7) is 4.25. The van der Waals surface area contributed by atoms with Crippen LogP contribution in [0.4, 0.5) is 0 Å². The van der Waals surface area contributed by atoms with Gasteiger partial charge in [-0.25, -0.2) is 13.9 Å². The number of sulfone groups is 1. The fourth-order valence-corrected chi connectivity index (χ4v) is 5.75. The summed E-state index contributed by atoms with van der Waals surface area (Å²) in [6.07, 6.45) is 1.19. The van der Waals surface area contributed by atoms with E-state index in [4.69, 9.17) is 0 Å². The summed E-state index contributed by atoms with van der Waals surface area (Å²) in [7, 11) is -3.09. The smallest absolute Gasteiger partial charge is 0.266 e. The molecule has 2 aliphatic heterocycles. The average Bonchev–Trinajstić information content (AvgIpc) is 2.93. The summed E-state index contributed by atoms with van der Waals surface area (Å²) >= 11 is 0. The maximum absolute atomic E-state index is 13.3. The molecule has 1 aromatic rings. The summed E-state index contributed by atoms with van der Waals surface area (Å²) in [5.41, 5.74) is 2.94. The second-order valence-corrected chi connectivity index (χ2v) is 10.2. The molecule has 3 rings (SSSR count). The van der Waals surface area contributed by atoms with Gasteiger partial charge in [-0.2, -0.15) is 0 Å². The summed E-state index contributed by atoms with van der Waals surface area (Å²) < 4.78 is 23.5. The van der Waals surface area contributed by atoms with Crippen LogP contribution in [-0.4, -0.2) is 54.4 Å². The van der Waals surface area contributed by atoms with Crippen LogP contribution in [0.1, 0.15) is 37.3 Å². The lowest BCUT2D eigenvalue weighted by Gasteiger charge is -2.36. The van der Waals surface area contributed by atoms with Crippen molar-refractivity contribution in [2.75, 3.05) is 18.1 Å². The summed E-state index contributed by atoms with van der Waals surface area (Å²) in [5, 5.41) is 9.21. The van der Waals surface area contributed by atoms with Crippen molar-refractivity contribution in [2.45, 2.75) is 44.6 Å². The van der Waals surface area contributed by atoms with Crippen LogP contribution in [0.25, 0.3) is 0 Å². The molecule has 1 aromatic carbocycles. The minimum Gasteiger partial charge on any atom is -0.329 e. The maximum Gasteiger partial charge on any atom is 0.266 e. The van der Waals surface area contributed by atoms with Crippen LogP contribution in [0.2, 0.25) is 0 Å². The molecular formula is C19H26N2O5S. The highest BCUT2D eigenvalue weighted by Crippen LogP contribution is 2.39. The third-order valence-corrected chi connectivity index (χ3v) is 7.75. The van der Waals surface area contributed by atoms with Gasteiger partial charge in [-0.1, -0.05) is 29.8 Å². The van der Waals surface area contributed by atoms with Gasteiger partial charge in [-0.15, -0.1) is 0 Å². The molecule has 2 heterocycles. The van der Waals surface area contributed by atoms with Crippen molar-refractivity contribution in [3.63, 3.8) is 0 Å². The molecule has 2 aliphatic rings. The molecule has 2 atom stereocenters. The van der Waals surface area contributed by atoms with E-state index in [2.05, 4.69) is 0 Å². The zero-order chi connectivity index (χ0) is 19.8. The van der Waals surface area contributed by atoms with Crippen LogP contribution in [0.3, 0.4) is 0 Å². The van der Waals surface area contributed by atoms with Gasteiger partial charge in [0.15, 0.2) is 0 Å². The predicted octanol–water partition coefficient (Wildman–Crippen LogP) is 1.18. The number of aryl methyl sites for hydroxylation is 1. The van der Waals surface area contributed by atoms with Crippen LogP contribution in [0.15, 0.2) is 24.3 Å². The van der Waals surface area contributed by atoms with E-state index < -0.39 is 27.2 Å². The van der Waals surface area contributed by atoms with E-state index in [9.17, 15) is 23.2 Å². The Morgan fingerprint density at radius 2 is 1.85 bits per heavy atom. The molecule has 0 radical (unpaired) electrons. The molecule has 0 bridgehead atoms. The van der Waals surface area contributed by atoms with Gasteiger partial charge in [0.05, 0.1) is 16.9 Å². The molecule has 148 valence electrons. The lowest BCUT2D eigenvalue weighted by Crippen LogP contribution is -2.54. The minimum absolute atomic E-state index is 0.00410. The van der Waals surface area contributed by atoms with Gasteiger partial charge >= 0.3 is 0 Å². The zero-order valence-corrected chi connectivity index (χ0v) is 16.5. The van der Waals surface area contributed by atoms with E-state index in [0.29, 0.717) is 25.8 Å². The molecule has 0 aromatic heterocycles. The van der Waals surface area contributed by atoms with Crippen molar-refractivity contribution >= 4 is 21.7 Å². The van der Waals surface area contributed by atoms with Gasteiger partial charge in [-0.05, 0) is 44.6 Å². The van der Waals surface area contributed by atoms with Crippen molar-refractivity contribution in [3.8, 4) is 0 Å². The van der Waals surface area contributed by atoms with Gasteiger partial charge in [0, 0.05) is 6.54 Å². The second-order valence-electron chi connectivity index (χ2n) is 7.86. The Kier molecular flexibility index (Phi) is 5.31. The van der Waals surface area contributed by atoms with Crippen molar-refractivity contribution in [1.29, 1.82) is 0 Å². The molecule has 8 heteroatoms. The van der Waals surface area contributed by atoms with E-state index in [-0.39, 0.29) is 23.3 Å². The predicted molar refractivity (Wildman–Crippen MR) is 100.0 cm³/mol. The fraction of sp³-hybridized carbons (Fsp3) is 0.579. The fourth-order valence-electron chi connectivity index (χ4n) is 4.22. The lowest BCUT2D eigenvalue weighted by atomic mass is 9.80. The van der Waals surface area contributed by atoms with Crippen LogP contribution < -0.4 is 5.48 Å². The number of hydroxylamine groups is 1. The Morgan fingerprint density at radius 1 is 1.26 bits per heavy atom. The van der Waals surface area contributed by atoms with E-state index in [1.54, 1.807) is 5.48 Å². The second kappa shape index (κ2) is 7.24. The number of benzene rings is 1. The van der Waals surface area contributed by atoms with Crippen LogP contribution in [0, 0.1) is 12.8 Å². The molecule has 27 heavy (non-hydrogen) atoms. The van der Waals surface area contributed by atoms with E-state index in [1.807, 2.05) is 38.1 Å². The molecule has 1 unspecified atom stereocenters. The van der Waals surface area contributed by atoms with Gasteiger partial charge in [0.25, 0.3) is 5.91 Å². The minimum atomic E-state index is -3.09. The van der Waals surface area contributed by atoms with Gasteiger partial charge < -0.3 is 4.90 Å². The number of nitrogens with one attached hydrogen (secondary N) is 1. The molecule has 0 saturated carbocycles. The molecule has 0 aliphatic carbocycles. The summed E-state index contributed by atoms with van der Waals surface area (Å²) in [6, 6.07) is 6.93. The first-order valence-corrected chi connectivity index (χ1v) is 11.0. The number of rotatable bonds is 4. The monoisotopic (exact) mass is 394 g/mol. The van der Waals surface area contributed by atoms with Crippen molar-refractivity contribution in [3.05, 3.63) is 35.4 Å². The molecule has 2 saturated heterocycles. The van der Waals surface area contributed by atoms with E-state index >= 15 is 0 Å². The SMILES string of the molecule is Cc1ccc(C2(C)CCN([C@@H](C(=O)NO)C3CCS(=O)(=O)CC3)C2=O)cc1. The summed E-state index contributed by atoms with van der Waals surface area (Å²) in [4.78, 5) is 27.2. The molecule has 2 amide bonds. The van der Waals surface area contributed by atoms with Crippen LogP contribution >= 0.6 is 0 Å². The number of hydrogen-bond donors (Lipinski definition) is 2. The van der Waals surface area contributed by atoms with Crippen molar-refractivity contribution < 1.29 is 23.2 Å². The molecular weight excluding hydrogens is 368 g/mol. The largest absolute Gasteiger partial charge is 0.329 e. The van der Waals surface area contributed by atoms with Gasteiger partial charge in [-0.3, -0.25) is 14.8 Å².